The average Bonchev–Trinajstić information content (AvgIpc) is 3.27. The second-order valence-corrected chi connectivity index (χ2v) is 8.68. The highest BCUT2D eigenvalue weighted by atomic mass is 32.2. The van der Waals surface area contributed by atoms with E-state index in [1.807, 2.05) is 30.3 Å². The molecule has 28 heavy (non-hydrogen) atoms. The molecule has 0 spiro atoms. The molecule has 8 heteroatoms. The van der Waals surface area contributed by atoms with Gasteiger partial charge < -0.3 is 15.2 Å². The summed E-state index contributed by atoms with van der Waals surface area (Å²) in [5.41, 5.74) is 2.14. The number of carboxylic acids is 1. The van der Waals surface area contributed by atoms with E-state index >= 15 is 0 Å². The third kappa shape index (κ3) is 4.02. The first kappa shape index (κ1) is 18.9. The first-order chi connectivity index (χ1) is 13.6. The van der Waals surface area contributed by atoms with Gasteiger partial charge in [-0.05, 0) is 36.8 Å². The highest BCUT2D eigenvalue weighted by molar-refractivity contribution is 8.00. The maximum absolute atomic E-state index is 12.4. The van der Waals surface area contributed by atoms with Gasteiger partial charge >= 0.3 is 0 Å². The Balaban J connectivity index is 1.43. The van der Waals surface area contributed by atoms with E-state index in [1.54, 1.807) is 11.3 Å². The lowest BCUT2D eigenvalue weighted by atomic mass is 10.1. The second kappa shape index (κ2) is 8.28. The Bertz CT molecular complexity index is 1020. The van der Waals surface area contributed by atoms with Crippen LogP contribution in [0, 0.1) is 0 Å². The summed E-state index contributed by atoms with van der Waals surface area (Å²) in [6.45, 7) is 0. The minimum absolute atomic E-state index is 0.0926. The molecule has 3 aromatic rings. The van der Waals surface area contributed by atoms with Crippen LogP contribution in [0.2, 0.25) is 0 Å². The Morgan fingerprint density at radius 2 is 2.04 bits per heavy atom. The zero-order valence-corrected chi connectivity index (χ0v) is 16.6. The maximum atomic E-state index is 12.4. The predicted octanol–water partition coefficient (Wildman–Crippen LogP) is 1.75. The number of rotatable bonds is 7. The van der Waals surface area contributed by atoms with E-state index in [-0.39, 0.29) is 18.1 Å². The fraction of sp³-hybridized carbons (Fsp3) is 0.300. The number of aliphatic carboxylic acids is 1. The Labute approximate surface area is 170 Å². The van der Waals surface area contributed by atoms with E-state index < -0.39 is 12.0 Å². The van der Waals surface area contributed by atoms with Crippen molar-refractivity contribution in [3.8, 4) is 0 Å². The van der Waals surface area contributed by atoms with Crippen molar-refractivity contribution >= 4 is 45.2 Å². The van der Waals surface area contributed by atoms with E-state index in [2.05, 4.69) is 15.3 Å². The van der Waals surface area contributed by atoms with Crippen LogP contribution in [0.4, 0.5) is 0 Å². The van der Waals surface area contributed by atoms with Gasteiger partial charge in [-0.1, -0.05) is 42.1 Å². The maximum Gasteiger partial charge on any atom is 0.230 e. The van der Waals surface area contributed by atoms with E-state index in [4.69, 9.17) is 0 Å². The van der Waals surface area contributed by atoms with Crippen LogP contribution in [-0.4, -0.2) is 33.6 Å². The number of fused-ring (bicyclic) bond motifs is 3. The molecule has 0 fully saturated rings. The molecular weight excluding hydrogens is 394 g/mol. The molecule has 0 radical (unpaired) electrons. The molecule has 1 N–H and O–H groups in total. The van der Waals surface area contributed by atoms with Gasteiger partial charge in [-0.3, -0.25) is 4.79 Å². The molecule has 0 bridgehead atoms. The molecule has 0 unspecified atom stereocenters. The van der Waals surface area contributed by atoms with Crippen LogP contribution in [0.25, 0.3) is 10.2 Å². The Kier molecular flexibility index (Phi) is 5.59. The van der Waals surface area contributed by atoms with Gasteiger partial charge in [0.05, 0.1) is 17.8 Å². The number of carbonyl (C=O) groups is 2. The number of carbonyl (C=O) groups excluding carboxylic acids is 2. The number of nitrogens with zero attached hydrogens (tertiary/aromatic N) is 2. The Hall–Kier alpha value is -2.45. The number of thiophene rings is 1. The molecule has 4 rings (SSSR count). The number of hydrogen-bond acceptors (Lipinski definition) is 7. The van der Waals surface area contributed by atoms with Gasteiger partial charge in [0.1, 0.15) is 16.2 Å². The molecule has 144 valence electrons. The first-order valence-corrected chi connectivity index (χ1v) is 10.8. The van der Waals surface area contributed by atoms with E-state index in [0.29, 0.717) is 0 Å². The van der Waals surface area contributed by atoms with Crippen molar-refractivity contribution in [2.24, 2.45) is 0 Å². The zero-order valence-electron chi connectivity index (χ0n) is 15.0. The van der Waals surface area contributed by atoms with Gasteiger partial charge in [-0.2, -0.15) is 0 Å². The summed E-state index contributed by atoms with van der Waals surface area (Å²) in [5.74, 6) is -1.55. The van der Waals surface area contributed by atoms with E-state index in [0.717, 1.165) is 40.1 Å². The molecule has 6 nitrogen and oxygen atoms in total. The largest absolute Gasteiger partial charge is 0.548 e. The fourth-order valence-electron chi connectivity index (χ4n) is 3.42. The van der Waals surface area contributed by atoms with Crippen molar-refractivity contribution in [3.63, 3.8) is 0 Å². The smallest absolute Gasteiger partial charge is 0.230 e. The molecule has 2 heterocycles. The summed E-state index contributed by atoms with van der Waals surface area (Å²) in [5, 5.41) is 15.8. The molecule has 1 aliphatic rings. The molecular formula is C20H18N3O3S2-. The molecule has 1 aromatic carbocycles. The van der Waals surface area contributed by atoms with Crippen LogP contribution >= 0.6 is 23.1 Å². The molecule has 1 amide bonds. The number of thioether (sulfide) groups is 1. The molecule has 0 saturated heterocycles. The standard InChI is InChI=1S/C20H19N3O3S2/c24-16(23-14(20(25)26)9-12-5-2-1-3-6-12)10-27-18-17-13-7-4-8-15(13)28-19(17)22-11-21-18/h1-3,5-6,11,14H,4,7-10H2,(H,23,24)(H,25,26)/p-1/t14-/m1/s1. The number of carboxylic acid groups (broad SMARTS) is 1. The fourth-order valence-corrected chi connectivity index (χ4v) is 5.55. The third-order valence-electron chi connectivity index (χ3n) is 4.71. The van der Waals surface area contributed by atoms with E-state index in [1.165, 1.54) is 28.5 Å². The van der Waals surface area contributed by atoms with Crippen molar-refractivity contribution in [3.05, 3.63) is 52.7 Å². The minimum atomic E-state index is -1.29. The van der Waals surface area contributed by atoms with Gasteiger partial charge in [0.2, 0.25) is 5.91 Å². The van der Waals surface area contributed by atoms with Gasteiger partial charge in [0, 0.05) is 10.3 Å². The average molecular weight is 413 g/mol. The van der Waals surface area contributed by atoms with Crippen molar-refractivity contribution in [2.45, 2.75) is 36.8 Å². The highest BCUT2D eigenvalue weighted by Crippen LogP contribution is 2.39. The summed E-state index contributed by atoms with van der Waals surface area (Å²) in [6.07, 6.45) is 4.95. The molecule has 0 saturated carbocycles. The van der Waals surface area contributed by atoms with Crippen LogP contribution in [0.15, 0.2) is 41.7 Å². The number of amides is 1. The van der Waals surface area contributed by atoms with Crippen LogP contribution in [0.1, 0.15) is 22.4 Å². The minimum Gasteiger partial charge on any atom is -0.548 e. The SMILES string of the molecule is O=C(CSc1ncnc2sc3c(c12)CCC3)N[C@H](Cc1ccccc1)C(=O)[O-]. The summed E-state index contributed by atoms with van der Waals surface area (Å²) in [6, 6.07) is 8.11. The van der Waals surface area contributed by atoms with Crippen LogP contribution in [0.5, 0.6) is 0 Å². The molecule has 0 aliphatic heterocycles. The monoisotopic (exact) mass is 412 g/mol. The highest BCUT2D eigenvalue weighted by Gasteiger charge is 2.22. The number of hydrogen-bond donors (Lipinski definition) is 1. The lowest BCUT2D eigenvalue weighted by Crippen LogP contribution is -2.49. The van der Waals surface area contributed by atoms with Crippen LogP contribution in [-0.2, 0) is 28.9 Å². The van der Waals surface area contributed by atoms with Gasteiger partial charge in [-0.25, -0.2) is 9.97 Å². The second-order valence-electron chi connectivity index (χ2n) is 6.63. The zero-order chi connectivity index (χ0) is 19.5. The van der Waals surface area contributed by atoms with E-state index in [9.17, 15) is 14.7 Å². The van der Waals surface area contributed by atoms with Gasteiger partial charge in [0.25, 0.3) is 0 Å². The predicted molar refractivity (Wildman–Crippen MR) is 107 cm³/mol. The normalized spacial score (nSPS) is 14.0. The topological polar surface area (TPSA) is 95.0 Å². The van der Waals surface area contributed by atoms with Crippen molar-refractivity contribution < 1.29 is 14.7 Å². The quantitative estimate of drug-likeness (QED) is 0.469. The Morgan fingerprint density at radius 1 is 1.21 bits per heavy atom. The Morgan fingerprint density at radius 3 is 2.82 bits per heavy atom. The summed E-state index contributed by atoms with van der Waals surface area (Å²) < 4.78 is 0. The molecule has 1 atom stereocenters. The van der Waals surface area contributed by atoms with Crippen LogP contribution < -0.4 is 10.4 Å². The third-order valence-corrected chi connectivity index (χ3v) is 6.90. The molecule has 2 aromatic heterocycles. The number of benzene rings is 1. The lowest BCUT2D eigenvalue weighted by Gasteiger charge is -2.19. The van der Waals surface area contributed by atoms with Crippen molar-refractivity contribution in [1.82, 2.24) is 15.3 Å². The lowest BCUT2D eigenvalue weighted by molar-refractivity contribution is -0.308. The van der Waals surface area contributed by atoms with Gasteiger partial charge in [0.15, 0.2) is 0 Å². The summed E-state index contributed by atoms with van der Waals surface area (Å²) in [7, 11) is 0. The summed E-state index contributed by atoms with van der Waals surface area (Å²) in [4.78, 5) is 34.8. The van der Waals surface area contributed by atoms with Crippen molar-refractivity contribution in [1.29, 1.82) is 0 Å². The van der Waals surface area contributed by atoms with Crippen LogP contribution in [0.3, 0.4) is 0 Å². The molecule has 1 aliphatic carbocycles. The number of aromatic nitrogens is 2. The first-order valence-electron chi connectivity index (χ1n) is 9.04. The summed E-state index contributed by atoms with van der Waals surface area (Å²) >= 11 is 3.02. The van der Waals surface area contributed by atoms with Crippen molar-refractivity contribution in [2.75, 3.05) is 5.75 Å². The van der Waals surface area contributed by atoms with Gasteiger partial charge in [-0.15, -0.1) is 11.3 Å². The number of nitrogens with one attached hydrogen (secondary N) is 1. The number of aryl methyl sites for hydroxylation is 2.